The SMILES string of the molecule is Clc1cc(Cl)cc(C(Cc2cnccn2)=NOC2CCCC2)c1. The van der Waals surface area contributed by atoms with Crippen LogP contribution >= 0.6 is 23.2 Å². The van der Waals surface area contributed by atoms with Gasteiger partial charge in [0.2, 0.25) is 0 Å². The minimum absolute atomic E-state index is 0.196. The maximum absolute atomic E-state index is 6.12. The van der Waals surface area contributed by atoms with Crippen LogP contribution in [0.1, 0.15) is 36.9 Å². The van der Waals surface area contributed by atoms with Crippen molar-refractivity contribution in [3.05, 3.63) is 58.1 Å². The van der Waals surface area contributed by atoms with Crippen molar-refractivity contribution in [3.8, 4) is 0 Å². The van der Waals surface area contributed by atoms with Crippen LogP contribution in [-0.2, 0) is 11.3 Å². The first-order chi connectivity index (χ1) is 11.2. The summed E-state index contributed by atoms with van der Waals surface area (Å²) in [6.07, 6.45) is 10.2. The summed E-state index contributed by atoms with van der Waals surface area (Å²) in [6, 6.07) is 5.37. The Morgan fingerprint density at radius 3 is 2.52 bits per heavy atom. The molecular formula is C17H17Cl2N3O. The summed E-state index contributed by atoms with van der Waals surface area (Å²) in [5.41, 5.74) is 2.41. The number of nitrogens with zero attached hydrogens (tertiary/aromatic N) is 3. The molecule has 1 aromatic carbocycles. The predicted octanol–water partition coefficient (Wildman–Crippen LogP) is 4.69. The topological polar surface area (TPSA) is 47.4 Å². The molecule has 1 saturated carbocycles. The highest BCUT2D eigenvalue weighted by molar-refractivity contribution is 6.35. The van der Waals surface area contributed by atoms with E-state index in [9.17, 15) is 0 Å². The quantitative estimate of drug-likeness (QED) is 0.581. The molecule has 0 atom stereocenters. The van der Waals surface area contributed by atoms with Gasteiger partial charge < -0.3 is 4.84 Å². The van der Waals surface area contributed by atoms with Crippen LogP contribution in [0.4, 0.5) is 0 Å². The van der Waals surface area contributed by atoms with E-state index in [-0.39, 0.29) is 6.10 Å². The zero-order valence-corrected chi connectivity index (χ0v) is 14.1. The molecule has 0 bridgehead atoms. The predicted molar refractivity (Wildman–Crippen MR) is 92.1 cm³/mol. The second kappa shape index (κ2) is 7.75. The molecule has 1 heterocycles. The fourth-order valence-electron chi connectivity index (χ4n) is 2.63. The van der Waals surface area contributed by atoms with Crippen LogP contribution in [-0.4, -0.2) is 21.8 Å². The van der Waals surface area contributed by atoms with E-state index in [2.05, 4.69) is 15.1 Å². The Bertz CT molecular complexity index is 665. The molecule has 6 heteroatoms. The summed E-state index contributed by atoms with van der Waals surface area (Å²) in [5.74, 6) is 0. The van der Waals surface area contributed by atoms with Crippen molar-refractivity contribution in [2.75, 3.05) is 0 Å². The molecule has 0 amide bonds. The fourth-order valence-corrected chi connectivity index (χ4v) is 3.16. The van der Waals surface area contributed by atoms with Gasteiger partial charge in [0, 0.05) is 40.6 Å². The number of aromatic nitrogens is 2. The number of benzene rings is 1. The third-order valence-corrected chi connectivity index (χ3v) is 4.21. The first-order valence-corrected chi connectivity index (χ1v) is 8.40. The maximum Gasteiger partial charge on any atom is 0.127 e. The lowest BCUT2D eigenvalue weighted by atomic mass is 10.1. The Morgan fingerprint density at radius 1 is 1.13 bits per heavy atom. The van der Waals surface area contributed by atoms with E-state index in [1.807, 2.05) is 12.1 Å². The molecule has 2 aromatic rings. The average Bonchev–Trinajstić information content (AvgIpc) is 3.05. The molecule has 0 saturated heterocycles. The molecule has 1 aromatic heterocycles. The number of hydrogen-bond donors (Lipinski definition) is 0. The van der Waals surface area contributed by atoms with Crippen LogP contribution in [0.5, 0.6) is 0 Å². The van der Waals surface area contributed by atoms with Gasteiger partial charge in [-0.25, -0.2) is 0 Å². The van der Waals surface area contributed by atoms with Gasteiger partial charge in [0.05, 0.1) is 11.4 Å². The van der Waals surface area contributed by atoms with Crippen LogP contribution in [0.2, 0.25) is 10.0 Å². The van der Waals surface area contributed by atoms with Gasteiger partial charge in [0.25, 0.3) is 0 Å². The van der Waals surface area contributed by atoms with E-state index in [0.717, 1.165) is 29.8 Å². The van der Waals surface area contributed by atoms with E-state index < -0.39 is 0 Å². The highest BCUT2D eigenvalue weighted by atomic mass is 35.5. The Balaban J connectivity index is 1.86. The Hall–Kier alpha value is -1.65. The minimum atomic E-state index is 0.196. The van der Waals surface area contributed by atoms with E-state index >= 15 is 0 Å². The summed E-state index contributed by atoms with van der Waals surface area (Å²) < 4.78 is 0. The van der Waals surface area contributed by atoms with Crippen molar-refractivity contribution < 1.29 is 4.84 Å². The van der Waals surface area contributed by atoms with Crippen LogP contribution in [0.15, 0.2) is 41.9 Å². The number of oxime groups is 1. The molecule has 1 aliphatic carbocycles. The van der Waals surface area contributed by atoms with Gasteiger partial charge in [0.1, 0.15) is 6.10 Å². The lowest BCUT2D eigenvalue weighted by Gasteiger charge is -2.11. The summed E-state index contributed by atoms with van der Waals surface area (Å²) in [6.45, 7) is 0. The van der Waals surface area contributed by atoms with Crippen molar-refractivity contribution in [2.45, 2.75) is 38.2 Å². The Labute approximate surface area is 145 Å². The lowest BCUT2D eigenvalue weighted by molar-refractivity contribution is 0.0642. The highest BCUT2D eigenvalue weighted by Crippen LogP contribution is 2.23. The molecule has 1 fully saturated rings. The molecule has 0 N–H and O–H groups in total. The van der Waals surface area contributed by atoms with Gasteiger partial charge in [-0.2, -0.15) is 0 Å². The zero-order chi connectivity index (χ0) is 16.1. The normalized spacial score (nSPS) is 15.8. The van der Waals surface area contributed by atoms with Gasteiger partial charge in [-0.15, -0.1) is 0 Å². The molecule has 0 spiro atoms. The minimum Gasteiger partial charge on any atom is -0.392 e. The smallest absolute Gasteiger partial charge is 0.127 e. The van der Waals surface area contributed by atoms with Crippen LogP contribution < -0.4 is 0 Å². The second-order valence-electron chi connectivity index (χ2n) is 5.58. The van der Waals surface area contributed by atoms with Crippen molar-refractivity contribution in [1.82, 2.24) is 9.97 Å². The first-order valence-electron chi connectivity index (χ1n) is 7.65. The molecule has 0 unspecified atom stereocenters. The molecular weight excluding hydrogens is 333 g/mol. The lowest BCUT2D eigenvalue weighted by Crippen LogP contribution is -2.11. The summed E-state index contributed by atoms with van der Waals surface area (Å²) in [4.78, 5) is 14.1. The third kappa shape index (κ3) is 4.66. The number of hydrogen-bond acceptors (Lipinski definition) is 4. The standard InChI is InChI=1S/C17H17Cl2N3O/c18-13-7-12(8-14(19)9-13)17(10-15-11-20-5-6-21-15)22-23-16-3-1-2-4-16/h5-9,11,16H,1-4,10H2. The summed E-state index contributed by atoms with van der Waals surface area (Å²) >= 11 is 12.2. The zero-order valence-electron chi connectivity index (χ0n) is 12.6. The molecule has 0 aliphatic heterocycles. The van der Waals surface area contributed by atoms with Crippen LogP contribution in [0.3, 0.4) is 0 Å². The monoisotopic (exact) mass is 349 g/mol. The largest absolute Gasteiger partial charge is 0.392 e. The van der Waals surface area contributed by atoms with Crippen LogP contribution in [0, 0.1) is 0 Å². The summed E-state index contributed by atoms with van der Waals surface area (Å²) in [5, 5.41) is 5.52. The molecule has 23 heavy (non-hydrogen) atoms. The van der Waals surface area contributed by atoms with E-state index in [4.69, 9.17) is 28.0 Å². The molecule has 1 aliphatic rings. The second-order valence-corrected chi connectivity index (χ2v) is 6.45. The molecule has 120 valence electrons. The van der Waals surface area contributed by atoms with E-state index in [0.29, 0.717) is 16.5 Å². The maximum atomic E-state index is 6.12. The van der Waals surface area contributed by atoms with Crippen molar-refractivity contribution in [2.24, 2.45) is 5.16 Å². The highest BCUT2D eigenvalue weighted by Gasteiger charge is 2.17. The average molecular weight is 350 g/mol. The Morgan fingerprint density at radius 2 is 1.87 bits per heavy atom. The first kappa shape index (κ1) is 16.2. The van der Waals surface area contributed by atoms with Crippen molar-refractivity contribution in [3.63, 3.8) is 0 Å². The van der Waals surface area contributed by atoms with Crippen molar-refractivity contribution in [1.29, 1.82) is 0 Å². The van der Waals surface area contributed by atoms with Gasteiger partial charge >= 0.3 is 0 Å². The van der Waals surface area contributed by atoms with Crippen LogP contribution in [0.25, 0.3) is 0 Å². The number of halogens is 2. The molecule has 3 rings (SSSR count). The van der Waals surface area contributed by atoms with E-state index in [1.165, 1.54) is 12.8 Å². The summed E-state index contributed by atoms with van der Waals surface area (Å²) in [7, 11) is 0. The van der Waals surface area contributed by atoms with E-state index in [1.54, 1.807) is 24.7 Å². The fraction of sp³-hybridized carbons (Fsp3) is 0.353. The molecule has 4 nitrogen and oxygen atoms in total. The Kier molecular flexibility index (Phi) is 5.47. The molecule has 0 radical (unpaired) electrons. The third-order valence-electron chi connectivity index (χ3n) is 3.78. The van der Waals surface area contributed by atoms with Crippen molar-refractivity contribution >= 4 is 28.9 Å². The van der Waals surface area contributed by atoms with Gasteiger partial charge in [-0.05, 0) is 43.9 Å². The van der Waals surface area contributed by atoms with Gasteiger partial charge in [-0.1, -0.05) is 28.4 Å². The van der Waals surface area contributed by atoms with Gasteiger partial charge in [-0.3, -0.25) is 9.97 Å². The number of rotatable bonds is 5. The van der Waals surface area contributed by atoms with Gasteiger partial charge in [0.15, 0.2) is 0 Å².